The second-order valence-corrected chi connectivity index (χ2v) is 6.40. The molecule has 2 aromatic rings. The number of piperazine rings is 1. The van der Waals surface area contributed by atoms with Crippen LogP contribution in [-0.4, -0.2) is 36.6 Å². The van der Waals surface area contributed by atoms with Crippen LogP contribution in [0.2, 0.25) is 0 Å². The lowest BCUT2D eigenvalue weighted by Crippen LogP contribution is -2.58. The molecule has 3 nitrogen and oxygen atoms in total. The van der Waals surface area contributed by atoms with Gasteiger partial charge in [-0.2, -0.15) is 0 Å². The monoisotopic (exact) mass is 331 g/mol. The highest BCUT2D eigenvalue weighted by Crippen LogP contribution is 2.31. The zero-order valence-corrected chi connectivity index (χ0v) is 13.8. The minimum Gasteiger partial charge on any atom is -0.329 e. The Hall–Kier alpha value is -1.82. The molecule has 0 unspecified atom stereocenters. The number of nitrogens with zero attached hydrogens (tertiary/aromatic N) is 1. The predicted molar refractivity (Wildman–Crippen MR) is 91.7 cm³/mol. The molecule has 2 aromatic carbocycles. The summed E-state index contributed by atoms with van der Waals surface area (Å²) >= 11 is 0. The van der Waals surface area contributed by atoms with Crippen molar-refractivity contribution in [3.05, 3.63) is 71.3 Å². The van der Waals surface area contributed by atoms with Crippen molar-refractivity contribution in [1.29, 1.82) is 0 Å². The van der Waals surface area contributed by atoms with E-state index >= 15 is 0 Å². The minimum atomic E-state index is -0.263. The van der Waals surface area contributed by atoms with Gasteiger partial charge in [0, 0.05) is 31.7 Å². The summed E-state index contributed by atoms with van der Waals surface area (Å²) in [5.41, 5.74) is 7.94. The van der Waals surface area contributed by atoms with Crippen LogP contribution in [0.3, 0.4) is 0 Å². The van der Waals surface area contributed by atoms with Gasteiger partial charge in [-0.25, -0.2) is 8.78 Å². The number of hydrogen-bond donors (Lipinski definition) is 2. The molecule has 2 atom stereocenters. The summed E-state index contributed by atoms with van der Waals surface area (Å²) in [5.74, 6) is -0.527. The lowest BCUT2D eigenvalue weighted by atomic mass is 9.93. The van der Waals surface area contributed by atoms with Gasteiger partial charge >= 0.3 is 0 Å². The average Bonchev–Trinajstić information content (AvgIpc) is 2.59. The summed E-state index contributed by atoms with van der Waals surface area (Å²) in [5, 5.41) is 3.45. The van der Waals surface area contributed by atoms with Gasteiger partial charge in [-0.1, -0.05) is 24.3 Å². The third kappa shape index (κ3) is 3.64. The number of hydrogen-bond acceptors (Lipinski definition) is 3. The van der Waals surface area contributed by atoms with Gasteiger partial charge in [0.2, 0.25) is 0 Å². The molecule has 128 valence electrons. The Labute approximate surface area is 141 Å². The molecule has 1 aliphatic rings. The van der Waals surface area contributed by atoms with Gasteiger partial charge < -0.3 is 11.1 Å². The molecule has 0 aliphatic carbocycles. The summed E-state index contributed by atoms with van der Waals surface area (Å²) in [7, 11) is 0. The minimum absolute atomic E-state index is 0.0794. The SMILES string of the molecule is C[C@H]1CN(C(c2ccc(F)cc2)c2ccc(F)cc2)[C@H](CN)CN1. The number of nitrogens with two attached hydrogens (primary N) is 1. The highest BCUT2D eigenvalue weighted by molar-refractivity contribution is 5.33. The van der Waals surface area contributed by atoms with E-state index in [-0.39, 0.29) is 23.7 Å². The van der Waals surface area contributed by atoms with Gasteiger partial charge in [-0.15, -0.1) is 0 Å². The maximum atomic E-state index is 13.4. The summed E-state index contributed by atoms with van der Waals surface area (Å²) in [6, 6.07) is 13.5. The van der Waals surface area contributed by atoms with Crippen LogP contribution in [-0.2, 0) is 0 Å². The van der Waals surface area contributed by atoms with E-state index in [9.17, 15) is 8.78 Å². The third-order valence-corrected chi connectivity index (χ3v) is 4.63. The van der Waals surface area contributed by atoms with E-state index in [1.54, 1.807) is 24.3 Å². The molecule has 1 saturated heterocycles. The van der Waals surface area contributed by atoms with Crippen molar-refractivity contribution in [3.8, 4) is 0 Å². The van der Waals surface area contributed by atoms with Crippen LogP contribution in [0.1, 0.15) is 24.1 Å². The molecule has 0 radical (unpaired) electrons. The smallest absolute Gasteiger partial charge is 0.123 e. The second kappa shape index (κ2) is 7.38. The fourth-order valence-electron chi connectivity index (χ4n) is 3.38. The predicted octanol–water partition coefficient (Wildman–Crippen LogP) is 2.68. The molecule has 3 N–H and O–H groups in total. The van der Waals surface area contributed by atoms with E-state index in [0.29, 0.717) is 12.6 Å². The Balaban J connectivity index is 2.03. The number of benzene rings is 2. The van der Waals surface area contributed by atoms with Gasteiger partial charge in [0.15, 0.2) is 0 Å². The first-order valence-corrected chi connectivity index (χ1v) is 8.28. The first-order valence-electron chi connectivity index (χ1n) is 8.28. The standard InChI is InChI=1S/C19H23F2N3/c1-13-12-24(18(10-22)11-23-13)19(14-2-6-16(20)7-3-14)15-4-8-17(21)9-5-15/h2-9,13,18-19,23H,10-12,22H2,1H3/t13-,18+/m0/s1. The van der Waals surface area contributed by atoms with E-state index in [1.807, 2.05) is 0 Å². The van der Waals surface area contributed by atoms with Crippen molar-refractivity contribution < 1.29 is 8.78 Å². The molecule has 0 bridgehead atoms. The molecule has 1 aliphatic heterocycles. The van der Waals surface area contributed by atoms with Gasteiger partial charge in [-0.05, 0) is 42.3 Å². The lowest BCUT2D eigenvalue weighted by molar-refractivity contribution is 0.107. The van der Waals surface area contributed by atoms with E-state index in [0.717, 1.165) is 24.2 Å². The van der Waals surface area contributed by atoms with Gasteiger partial charge in [0.1, 0.15) is 11.6 Å². The van der Waals surface area contributed by atoms with Crippen molar-refractivity contribution in [2.75, 3.05) is 19.6 Å². The quantitative estimate of drug-likeness (QED) is 0.905. The van der Waals surface area contributed by atoms with E-state index in [2.05, 4.69) is 17.1 Å². The first-order chi connectivity index (χ1) is 11.6. The van der Waals surface area contributed by atoms with Crippen molar-refractivity contribution in [1.82, 2.24) is 10.2 Å². The van der Waals surface area contributed by atoms with Crippen LogP contribution in [0, 0.1) is 11.6 Å². The summed E-state index contributed by atoms with van der Waals surface area (Å²) < 4.78 is 26.7. The number of rotatable bonds is 4. The van der Waals surface area contributed by atoms with Gasteiger partial charge in [-0.3, -0.25) is 4.90 Å². The largest absolute Gasteiger partial charge is 0.329 e. The summed E-state index contributed by atoms with van der Waals surface area (Å²) in [6.45, 7) is 4.28. The molecular weight excluding hydrogens is 308 g/mol. The van der Waals surface area contributed by atoms with Crippen molar-refractivity contribution in [2.45, 2.75) is 25.0 Å². The van der Waals surface area contributed by atoms with Gasteiger partial charge in [0.25, 0.3) is 0 Å². The Morgan fingerprint density at radius 3 is 2.00 bits per heavy atom. The summed E-state index contributed by atoms with van der Waals surface area (Å²) in [4.78, 5) is 2.33. The van der Waals surface area contributed by atoms with E-state index in [4.69, 9.17) is 5.73 Å². The normalized spacial score (nSPS) is 22.0. The van der Waals surface area contributed by atoms with Crippen molar-refractivity contribution in [3.63, 3.8) is 0 Å². The Morgan fingerprint density at radius 2 is 1.54 bits per heavy atom. The van der Waals surface area contributed by atoms with Crippen molar-refractivity contribution >= 4 is 0 Å². The molecule has 0 aromatic heterocycles. The van der Waals surface area contributed by atoms with Crippen LogP contribution < -0.4 is 11.1 Å². The number of nitrogens with one attached hydrogen (secondary N) is 1. The van der Waals surface area contributed by atoms with Crippen LogP contribution >= 0.6 is 0 Å². The van der Waals surface area contributed by atoms with E-state index in [1.165, 1.54) is 24.3 Å². The Kier molecular flexibility index (Phi) is 5.23. The van der Waals surface area contributed by atoms with Crippen LogP contribution in [0.4, 0.5) is 8.78 Å². The van der Waals surface area contributed by atoms with Crippen LogP contribution in [0.5, 0.6) is 0 Å². The van der Waals surface area contributed by atoms with Crippen LogP contribution in [0.25, 0.3) is 0 Å². The molecule has 0 amide bonds. The molecule has 24 heavy (non-hydrogen) atoms. The first kappa shape index (κ1) is 17.0. The molecule has 1 heterocycles. The Bertz CT molecular complexity index is 612. The fourth-order valence-corrected chi connectivity index (χ4v) is 3.38. The molecule has 3 rings (SSSR count). The molecule has 0 spiro atoms. The Morgan fingerprint density at radius 1 is 1.04 bits per heavy atom. The summed E-state index contributed by atoms with van der Waals surface area (Å²) in [6.07, 6.45) is 0. The lowest BCUT2D eigenvalue weighted by Gasteiger charge is -2.44. The second-order valence-electron chi connectivity index (χ2n) is 6.40. The van der Waals surface area contributed by atoms with Gasteiger partial charge in [0.05, 0.1) is 6.04 Å². The topological polar surface area (TPSA) is 41.3 Å². The number of halogens is 2. The zero-order chi connectivity index (χ0) is 17.1. The maximum Gasteiger partial charge on any atom is 0.123 e. The fraction of sp³-hybridized carbons (Fsp3) is 0.368. The highest BCUT2D eigenvalue weighted by Gasteiger charge is 2.32. The third-order valence-electron chi connectivity index (χ3n) is 4.63. The highest BCUT2D eigenvalue weighted by atomic mass is 19.1. The van der Waals surface area contributed by atoms with Crippen LogP contribution in [0.15, 0.2) is 48.5 Å². The van der Waals surface area contributed by atoms with E-state index < -0.39 is 0 Å². The molecule has 5 heteroatoms. The molecular formula is C19H23F2N3. The zero-order valence-electron chi connectivity index (χ0n) is 13.8. The maximum absolute atomic E-state index is 13.4. The average molecular weight is 331 g/mol. The molecule has 1 fully saturated rings. The molecule has 0 saturated carbocycles. The van der Waals surface area contributed by atoms with Crippen molar-refractivity contribution in [2.24, 2.45) is 5.73 Å².